The Labute approximate surface area is 292 Å². The van der Waals surface area contributed by atoms with Crippen LogP contribution in [-0.4, -0.2) is 58.5 Å². The third kappa shape index (κ3) is 10.1. The lowest BCUT2D eigenvalue weighted by Gasteiger charge is -2.20. The van der Waals surface area contributed by atoms with Crippen LogP contribution in [0.3, 0.4) is 0 Å². The Morgan fingerprint density at radius 1 is 0.608 bits per heavy atom. The molecule has 0 radical (unpaired) electrons. The van der Waals surface area contributed by atoms with E-state index in [1.54, 1.807) is 6.07 Å². The third-order valence-electron chi connectivity index (χ3n) is 6.99. The lowest BCUT2D eigenvalue weighted by Crippen LogP contribution is -2.36. The van der Waals surface area contributed by atoms with E-state index in [-0.39, 0.29) is 39.9 Å². The molecule has 51 heavy (non-hydrogen) atoms. The van der Waals surface area contributed by atoms with Crippen molar-refractivity contribution in [3.63, 3.8) is 0 Å². The van der Waals surface area contributed by atoms with Gasteiger partial charge in [0.05, 0.1) is 24.7 Å². The summed E-state index contributed by atoms with van der Waals surface area (Å²) in [6, 6.07) is 19.8. The van der Waals surface area contributed by atoms with Gasteiger partial charge in [0, 0.05) is 13.8 Å². The van der Waals surface area contributed by atoms with Gasteiger partial charge in [-0.05, 0) is 71.8 Å². The SMILES string of the molecule is COc1cc(C=CC(=O)CC(=O)C=Cc2ccc(O)c(OC(C(=O)c3ccccc3OC(C)=O)C(=O)c3ccccc3OC(C)=O)c2)ccc1O. The largest absolute Gasteiger partial charge is 0.504 e. The third-order valence-corrected chi connectivity index (χ3v) is 6.99. The zero-order valence-corrected chi connectivity index (χ0v) is 27.7. The number of carbonyl (C=O) groups is 6. The van der Waals surface area contributed by atoms with Crippen LogP contribution < -0.4 is 18.9 Å². The van der Waals surface area contributed by atoms with Crippen LogP contribution in [0.25, 0.3) is 12.2 Å². The molecule has 0 unspecified atom stereocenters. The Hall–Kier alpha value is -6.82. The summed E-state index contributed by atoms with van der Waals surface area (Å²) in [6.07, 6.45) is 2.74. The first-order chi connectivity index (χ1) is 24.4. The molecule has 0 bridgehead atoms. The van der Waals surface area contributed by atoms with Crippen LogP contribution in [-0.2, 0) is 19.2 Å². The van der Waals surface area contributed by atoms with Crippen molar-refractivity contribution < 1.29 is 57.9 Å². The summed E-state index contributed by atoms with van der Waals surface area (Å²) < 4.78 is 21.3. The summed E-state index contributed by atoms with van der Waals surface area (Å²) in [7, 11) is 1.39. The molecular weight excluding hydrogens is 660 g/mol. The normalized spacial score (nSPS) is 11.0. The van der Waals surface area contributed by atoms with Crippen molar-refractivity contribution in [2.45, 2.75) is 26.4 Å². The number of aromatic hydroxyl groups is 2. The molecule has 0 aliphatic carbocycles. The maximum absolute atomic E-state index is 14.0. The van der Waals surface area contributed by atoms with E-state index in [1.165, 1.54) is 104 Å². The van der Waals surface area contributed by atoms with Gasteiger partial charge in [-0.3, -0.25) is 28.8 Å². The van der Waals surface area contributed by atoms with Crippen molar-refractivity contribution in [2.75, 3.05) is 7.11 Å². The van der Waals surface area contributed by atoms with Gasteiger partial charge in [0.1, 0.15) is 11.5 Å². The molecule has 0 heterocycles. The van der Waals surface area contributed by atoms with Gasteiger partial charge in [-0.15, -0.1) is 0 Å². The van der Waals surface area contributed by atoms with Gasteiger partial charge in [0.15, 0.2) is 34.6 Å². The zero-order valence-electron chi connectivity index (χ0n) is 27.7. The molecule has 12 heteroatoms. The summed E-state index contributed by atoms with van der Waals surface area (Å²) in [6.45, 7) is 2.28. The molecule has 0 fully saturated rings. The molecule has 260 valence electrons. The number of benzene rings is 4. The van der Waals surface area contributed by atoms with Gasteiger partial charge in [-0.2, -0.15) is 0 Å². The van der Waals surface area contributed by atoms with E-state index in [1.807, 2.05) is 0 Å². The Morgan fingerprint density at radius 2 is 1.04 bits per heavy atom. The van der Waals surface area contributed by atoms with E-state index in [0.717, 1.165) is 19.9 Å². The first-order valence-corrected chi connectivity index (χ1v) is 15.3. The quantitative estimate of drug-likeness (QED) is 0.0509. The summed E-state index contributed by atoms with van der Waals surface area (Å²) in [5.74, 6) is -5.27. The number of phenols is 2. The number of phenolic OH excluding ortho intramolecular Hbond substituents is 2. The minimum absolute atomic E-state index is 0.0630. The number of esters is 2. The van der Waals surface area contributed by atoms with Gasteiger partial charge in [0.2, 0.25) is 17.7 Å². The van der Waals surface area contributed by atoms with Gasteiger partial charge >= 0.3 is 11.9 Å². The highest BCUT2D eigenvalue weighted by molar-refractivity contribution is 6.20. The molecule has 4 aromatic rings. The molecule has 0 atom stereocenters. The molecule has 0 amide bonds. The highest BCUT2D eigenvalue weighted by Gasteiger charge is 2.35. The molecule has 0 saturated heterocycles. The predicted molar refractivity (Wildman–Crippen MR) is 184 cm³/mol. The molecule has 4 rings (SSSR count). The molecule has 0 spiro atoms. The average Bonchev–Trinajstić information content (AvgIpc) is 3.09. The Morgan fingerprint density at radius 3 is 1.49 bits per heavy atom. The second-order valence-corrected chi connectivity index (χ2v) is 10.8. The molecule has 0 saturated carbocycles. The van der Waals surface area contributed by atoms with E-state index in [2.05, 4.69) is 0 Å². The molecule has 0 aliphatic heterocycles. The first-order valence-electron chi connectivity index (χ1n) is 15.3. The molecule has 0 aromatic heterocycles. The van der Waals surface area contributed by atoms with Crippen molar-refractivity contribution in [2.24, 2.45) is 0 Å². The fourth-order valence-corrected chi connectivity index (χ4v) is 4.66. The number of ketones is 4. The maximum atomic E-state index is 14.0. The zero-order chi connectivity index (χ0) is 37.1. The second-order valence-electron chi connectivity index (χ2n) is 10.8. The summed E-state index contributed by atoms with van der Waals surface area (Å²) >= 11 is 0. The number of ether oxygens (including phenoxy) is 4. The topological polar surface area (TPSA) is 180 Å². The number of methoxy groups -OCH3 is 1. The predicted octanol–water partition coefficient (Wildman–Crippen LogP) is 5.73. The van der Waals surface area contributed by atoms with Crippen molar-refractivity contribution in [3.05, 3.63) is 119 Å². The molecule has 0 aliphatic rings. The molecule has 12 nitrogen and oxygen atoms in total. The van der Waals surface area contributed by atoms with Crippen LogP contribution in [0.1, 0.15) is 52.1 Å². The van der Waals surface area contributed by atoms with Crippen LogP contribution >= 0.6 is 0 Å². The van der Waals surface area contributed by atoms with E-state index >= 15 is 0 Å². The van der Waals surface area contributed by atoms with Gasteiger partial charge in [-0.25, -0.2) is 0 Å². The monoisotopic (exact) mass is 692 g/mol. The van der Waals surface area contributed by atoms with Gasteiger partial charge in [-0.1, -0.05) is 48.6 Å². The number of hydrogen-bond acceptors (Lipinski definition) is 12. The Kier molecular flexibility index (Phi) is 12.4. The maximum Gasteiger partial charge on any atom is 0.308 e. The number of para-hydroxylation sites is 2. The highest BCUT2D eigenvalue weighted by Crippen LogP contribution is 2.32. The minimum atomic E-state index is -1.98. The summed E-state index contributed by atoms with van der Waals surface area (Å²) in [5.41, 5.74) is 0.507. The molecule has 4 aromatic carbocycles. The number of rotatable bonds is 15. The van der Waals surface area contributed by atoms with E-state index in [4.69, 9.17) is 18.9 Å². The van der Waals surface area contributed by atoms with E-state index < -0.39 is 53.3 Å². The summed E-state index contributed by atoms with van der Waals surface area (Å²) in [5, 5.41) is 20.4. The number of allylic oxidation sites excluding steroid dienone is 2. The lowest BCUT2D eigenvalue weighted by atomic mass is 9.97. The lowest BCUT2D eigenvalue weighted by molar-refractivity contribution is -0.132. The Balaban J connectivity index is 1.60. The van der Waals surface area contributed by atoms with Crippen molar-refractivity contribution in [3.8, 4) is 34.5 Å². The van der Waals surface area contributed by atoms with Gasteiger partial charge < -0.3 is 29.2 Å². The van der Waals surface area contributed by atoms with E-state index in [9.17, 15) is 39.0 Å². The number of carbonyl (C=O) groups excluding carboxylic acids is 6. The summed E-state index contributed by atoms with van der Waals surface area (Å²) in [4.78, 5) is 76.4. The second kappa shape index (κ2) is 17.0. The minimum Gasteiger partial charge on any atom is -0.504 e. The highest BCUT2D eigenvalue weighted by atomic mass is 16.5. The number of hydrogen-bond donors (Lipinski definition) is 2. The van der Waals surface area contributed by atoms with Crippen LogP contribution in [0, 0.1) is 0 Å². The van der Waals surface area contributed by atoms with Gasteiger partial charge in [0.25, 0.3) is 0 Å². The number of Topliss-reactive ketones (excluding diaryl/α,β-unsaturated/α-hetero) is 2. The van der Waals surface area contributed by atoms with Crippen LogP contribution in [0.4, 0.5) is 0 Å². The van der Waals surface area contributed by atoms with Crippen molar-refractivity contribution in [1.29, 1.82) is 0 Å². The fourth-order valence-electron chi connectivity index (χ4n) is 4.66. The van der Waals surface area contributed by atoms with Crippen LogP contribution in [0.5, 0.6) is 34.5 Å². The smallest absolute Gasteiger partial charge is 0.308 e. The fraction of sp³-hybridized carbons (Fsp3) is 0.128. The Bertz CT molecular complexity index is 1990. The van der Waals surface area contributed by atoms with E-state index in [0.29, 0.717) is 11.1 Å². The van der Waals surface area contributed by atoms with Crippen molar-refractivity contribution in [1.82, 2.24) is 0 Å². The molecule has 2 N–H and O–H groups in total. The van der Waals surface area contributed by atoms with Crippen LogP contribution in [0.2, 0.25) is 0 Å². The average molecular weight is 693 g/mol. The van der Waals surface area contributed by atoms with Crippen LogP contribution in [0.15, 0.2) is 97.1 Å². The first kappa shape index (κ1) is 37.0. The molecular formula is C39H32O12. The van der Waals surface area contributed by atoms with Crippen molar-refractivity contribution >= 4 is 47.2 Å². The standard InChI is InChI=1S/C39H32O12/c1-23(40)49-33-10-6-4-8-29(33)37(46)39(38(47)30-9-5-7-11-34(30)50-24(2)41)51-36-21-26(15-19-32(36)45)13-17-28(43)22-27(42)16-12-25-14-18-31(44)35(20-25)48-3/h4-21,39,44-45H,22H2,1-3H3.